The second kappa shape index (κ2) is 11.0. The van der Waals surface area contributed by atoms with Crippen LogP contribution in [0.5, 0.6) is 5.75 Å². The van der Waals surface area contributed by atoms with Crippen LogP contribution in [0.1, 0.15) is 56.4 Å². The molecule has 9 nitrogen and oxygen atoms in total. The van der Waals surface area contributed by atoms with Crippen LogP contribution >= 0.6 is 11.6 Å². The quantitative estimate of drug-likeness (QED) is 0.353. The van der Waals surface area contributed by atoms with Crippen molar-refractivity contribution in [2.75, 3.05) is 11.9 Å². The van der Waals surface area contributed by atoms with Gasteiger partial charge in [0.05, 0.1) is 6.20 Å². The fourth-order valence-electron chi connectivity index (χ4n) is 4.32. The minimum atomic E-state index is -0.864. The lowest BCUT2D eigenvalue weighted by Crippen LogP contribution is -2.39. The van der Waals surface area contributed by atoms with Gasteiger partial charge in [-0.15, -0.1) is 0 Å². The van der Waals surface area contributed by atoms with Crippen molar-refractivity contribution in [2.45, 2.75) is 52.1 Å². The molecule has 1 amide bonds. The van der Waals surface area contributed by atoms with Crippen LogP contribution in [-0.2, 0) is 9.53 Å². The van der Waals surface area contributed by atoms with Crippen molar-refractivity contribution in [2.24, 2.45) is 5.41 Å². The van der Waals surface area contributed by atoms with E-state index >= 15 is 0 Å². The van der Waals surface area contributed by atoms with Gasteiger partial charge in [-0.2, -0.15) is 0 Å². The molecule has 1 aliphatic carbocycles. The lowest BCUT2D eigenvalue weighted by molar-refractivity contribution is -0.153. The molecular formula is C26H28ClN3O6. The predicted molar refractivity (Wildman–Crippen MR) is 133 cm³/mol. The van der Waals surface area contributed by atoms with Crippen LogP contribution in [-0.4, -0.2) is 33.9 Å². The van der Waals surface area contributed by atoms with Gasteiger partial charge in [0.25, 0.3) is 0 Å². The molecule has 2 aromatic heterocycles. The van der Waals surface area contributed by atoms with Crippen molar-refractivity contribution in [3.63, 3.8) is 0 Å². The normalized spacial score (nSPS) is 15.6. The first-order valence-corrected chi connectivity index (χ1v) is 12.2. The van der Waals surface area contributed by atoms with Gasteiger partial charge < -0.3 is 19.1 Å². The molecule has 190 valence electrons. The number of hydrogen-bond acceptors (Lipinski definition) is 7. The number of carboxylic acid groups (broad SMARTS) is 1. The molecule has 0 radical (unpaired) electrons. The standard InChI is InChI=1S/C26H28ClN3O6/c1-16-22(29-25(33)35-17(2)19-8-4-5-9-20(19)27)23(36-30-16)21-11-10-18(14-28-21)34-15-26(24(31)32)12-6-3-7-13-26/h4-5,8-11,14,17H,3,6-7,12-13,15H2,1-2H3,(H,29,33)(H,31,32)/t17-/m1/s1. The zero-order valence-corrected chi connectivity index (χ0v) is 20.9. The SMILES string of the molecule is Cc1noc(-c2ccc(OCC3(C(=O)O)CCCCC3)cn2)c1NC(=O)O[C@H](C)c1ccccc1Cl. The number of benzene rings is 1. The number of nitrogens with zero attached hydrogens (tertiary/aromatic N) is 2. The van der Waals surface area contributed by atoms with Crippen LogP contribution in [0.4, 0.5) is 10.5 Å². The first-order chi connectivity index (χ1) is 17.3. The first-order valence-electron chi connectivity index (χ1n) is 11.8. The number of ether oxygens (including phenoxy) is 2. The second-order valence-electron chi connectivity index (χ2n) is 8.98. The number of carbonyl (C=O) groups is 2. The van der Waals surface area contributed by atoms with Crippen LogP contribution in [0, 0.1) is 12.3 Å². The minimum absolute atomic E-state index is 0.0903. The Bertz CT molecular complexity index is 1220. The molecule has 0 spiro atoms. The van der Waals surface area contributed by atoms with E-state index in [1.807, 2.05) is 6.07 Å². The van der Waals surface area contributed by atoms with E-state index in [9.17, 15) is 14.7 Å². The van der Waals surface area contributed by atoms with Crippen molar-refractivity contribution in [3.05, 3.63) is 58.9 Å². The Morgan fingerprint density at radius 1 is 1.19 bits per heavy atom. The predicted octanol–water partition coefficient (Wildman–Crippen LogP) is 6.42. The molecule has 2 heterocycles. The van der Waals surface area contributed by atoms with Crippen molar-refractivity contribution < 1.29 is 28.7 Å². The molecule has 2 N–H and O–H groups in total. The lowest BCUT2D eigenvalue weighted by Gasteiger charge is -2.32. The molecule has 36 heavy (non-hydrogen) atoms. The minimum Gasteiger partial charge on any atom is -0.491 e. The molecule has 3 aromatic rings. The van der Waals surface area contributed by atoms with E-state index in [1.54, 1.807) is 44.2 Å². The summed E-state index contributed by atoms with van der Waals surface area (Å²) in [5.74, 6) is -0.116. The molecule has 1 saturated carbocycles. The summed E-state index contributed by atoms with van der Waals surface area (Å²) in [4.78, 5) is 28.8. The molecule has 4 rings (SSSR count). The Balaban J connectivity index is 1.42. The maximum Gasteiger partial charge on any atom is 0.412 e. The highest BCUT2D eigenvalue weighted by molar-refractivity contribution is 6.31. The van der Waals surface area contributed by atoms with Gasteiger partial charge in [0, 0.05) is 10.6 Å². The number of amides is 1. The Labute approximate surface area is 213 Å². The number of anilines is 1. The molecule has 0 saturated heterocycles. The van der Waals surface area contributed by atoms with E-state index in [0.29, 0.717) is 46.3 Å². The second-order valence-corrected chi connectivity index (χ2v) is 9.39. The molecule has 1 atom stereocenters. The van der Waals surface area contributed by atoms with E-state index < -0.39 is 23.6 Å². The number of pyridine rings is 1. The van der Waals surface area contributed by atoms with Gasteiger partial charge in [-0.3, -0.25) is 10.1 Å². The van der Waals surface area contributed by atoms with Crippen molar-refractivity contribution in [1.29, 1.82) is 0 Å². The Morgan fingerprint density at radius 3 is 2.61 bits per heavy atom. The molecule has 10 heteroatoms. The van der Waals surface area contributed by atoms with Crippen LogP contribution < -0.4 is 10.1 Å². The van der Waals surface area contributed by atoms with E-state index in [-0.39, 0.29) is 12.4 Å². The molecule has 0 unspecified atom stereocenters. The third-order valence-corrected chi connectivity index (χ3v) is 6.81. The van der Waals surface area contributed by atoms with Crippen LogP contribution in [0.3, 0.4) is 0 Å². The van der Waals surface area contributed by atoms with Gasteiger partial charge in [-0.05, 0) is 44.9 Å². The van der Waals surface area contributed by atoms with Gasteiger partial charge in [0.15, 0.2) is 0 Å². The maximum atomic E-state index is 12.6. The molecule has 1 fully saturated rings. The summed E-state index contributed by atoms with van der Waals surface area (Å²) in [7, 11) is 0. The van der Waals surface area contributed by atoms with Crippen LogP contribution in [0.25, 0.3) is 11.5 Å². The highest BCUT2D eigenvalue weighted by Gasteiger charge is 2.40. The Hall–Kier alpha value is -3.59. The van der Waals surface area contributed by atoms with E-state index in [0.717, 1.165) is 19.3 Å². The average Bonchev–Trinajstić information content (AvgIpc) is 3.23. The topological polar surface area (TPSA) is 124 Å². The number of nitrogens with one attached hydrogen (secondary N) is 1. The van der Waals surface area contributed by atoms with Crippen molar-refractivity contribution >= 4 is 29.4 Å². The molecule has 1 aliphatic rings. The number of carbonyl (C=O) groups excluding carboxylic acids is 1. The Kier molecular flexibility index (Phi) is 7.79. The number of aliphatic carboxylic acids is 1. The molecule has 0 bridgehead atoms. The third-order valence-electron chi connectivity index (χ3n) is 6.47. The summed E-state index contributed by atoms with van der Waals surface area (Å²) in [5, 5.41) is 16.9. The Morgan fingerprint density at radius 2 is 1.94 bits per heavy atom. The summed E-state index contributed by atoms with van der Waals surface area (Å²) in [6.45, 7) is 3.50. The number of aryl methyl sites for hydroxylation is 1. The summed E-state index contributed by atoms with van der Waals surface area (Å²) in [6, 6.07) is 10.5. The summed E-state index contributed by atoms with van der Waals surface area (Å²) in [6.07, 6.45) is 4.24. The number of hydrogen-bond donors (Lipinski definition) is 2. The first kappa shape index (κ1) is 25.5. The summed E-state index contributed by atoms with van der Waals surface area (Å²) >= 11 is 6.19. The van der Waals surface area contributed by atoms with Crippen LogP contribution in [0.2, 0.25) is 5.02 Å². The van der Waals surface area contributed by atoms with Crippen molar-refractivity contribution in [1.82, 2.24) is 10.1 Å². The van der Waals surface area contributed by atoms with E-state index in [4.69, 9.17) is 25.6 Å². The maximum absolute atomic E-state index is 12.6. The fourth-order valence-corrected chi connectivity index (χ4v) is 4.61. The smallest absolute Gasteiger partial charge is 0.412 e. The lowest BCUT2D eigenvalue weighted by atomic mass is 9.75. The number of halogens is 1. The zero-order valence-electron chi connectivity index (χ0n) is 20.1. The average molecular weight is 514 g/mol. The monoisotopic (exact) mass is 513 g/mol. The molecular weight excluding hydrogens is 486 g/mol. The van der Waals surface area contributed by atoms with Gasteiger partial charge >= 0.3 is 12.1 Å². The van der Waals surface area contributed by atoms with Gasteiger partial charge in [-0.1, -0.05) is 54.2 Å². The third kappa shape index (κ3) is 5.62. The van der Waals surface area contributed by atoms with Crippen LogP contribution in [0.15, 0.2) is 47.1 Å². The number of rotatable bonds is 8. The fraction of sp³-hybridized carbons (Fsp3) is 0.385. The summed E-state index contributed by atoms with van der Waals surface area (Å²) < 4.78 is 16.7. The highest BCUT2D eigenvalue weighted by atomic mass is 35.5. The summed E-state index contributed by atoms with van der Waals surface area (Å²) in [5.41, 5.74) is 1.03. The zero-order chi connectivity index (χ0) is 25.7. The molecule has 1 aromatic carbocycles. The largest absolute Gasteiger partial charge is 0.491 e. The van der Waals surface area contributed by atoms with Crippen molar-refractivity contribution in [3.8, 4) is 17.2 Å². The van der Waals surface area contributed by atoms with Gasteiger partial charge in [0.2, 0.25) is 5.76 Å². The van der Waals surface area contributed by atoms with E-state index in [1.165, 1.54) is 6.20 Å². The molecule has 0 aliphatic heterocycles. The number of aromatic nitrogens is 2. The van der Waals surface area contributed by atoms with E-state index in [2.05, 4.69) is 15.5 Å². The highest BCUT2D eigenvalue weighted by Crippen LogP contribution is 2.37. The van der Waals surface area contributed by atoms with Gasteiger partial charge in [-0.25, -0.2) is 9.78 Å². The van der Waals surface area contributed by atoms with Gasteiger partial charge in [0.1, 0.15) is 41.0 Å². The number of carboxylic acids is 1.